The number of ether oxygens (including phenoxy) is 1. The van der Waals surface area contributed by atoms with Gasteiger partial charge in [0.25, 0.3) is 0 Å². The van der Waals surface area contributed by atoms with E-state index in [-0.39, 0.29) is 17.3 Å². The van der Waals surface area contributed by atoms with E-state index >= 15 is 0 Å². The van der Waals surface area contributed by atoms with Crippen LogP contribution in [0.2, 0.25) is 0 Å². The molecule has 2 rings (SSSR count). The summed E-state index contributed by atoms with van der Waals surface area (Å²) in [4.78, 5) is 10.6. The molecule has 1 unspecified atom stereocenters. The first-order chi connectivity index (χ1) is 16.9. The molecule has 36 heavy (non-hydrogen) atoms. The Balaban J connectivity index is 2.22. The first-order valence-corrected chi connectivity index (χ1v) is 13.4. The molecule has 0 amide bonds. The Morgan fingerprint density at radius 1 is 0.944 bits per heavy atom. The van der Waals surface area contributed by atoms with Crippen molar-refractivity contribution in [1.82, 2.24) is 0 Å². The highest BCUT2D eigenvalue weighted by Crippen LogP contribution is 2.41. The molecule has 4 nitrogen and oxygen atoms in total. The van der Waals surface area contributed by atoms with Crippen molar-refractivity contribution < 1.29 is 19.7 Å². The van der Waals surface area contributed by atoms with Gasteiger partial charge in [0.05, 0.1) is 12.7 Å². The first kappa shape index (κ1) is 29.6. The third-order valence-electron chi connectivity index (χ3n) is 7.39. The predicted octanol–water partition coefficient (Wildman–Crippen LogP) is 7.85. The van der Waals surface area contributed by atoms with Crippen molar-refractivity contribution in [3.05, 3.63) is 70.3 Å². The summed E-state index contributed by atoms with van der Waals surface area (Å²) in [5, 5.41) is 19.1. The summed E-state index contributed by atoms with van der Waals surface area (Å²) in [5.74, 6) is 0.158. The van der Waals surface area contributed by atoms with Crippen molar-refractivity contribution in [1.29, 1.82) is 0 Å². The molecule has 0 saturated carbocycles. The minimum atomic E-state index is -0.738. The van der Waals surface area contributed by atoms with Crippen molar-refractivity contribution >= 4 is 12.0 Å². The van der Waals surface area contributed by atoms with Gasteiger partial charge in [0.15, 0.2) is 0 Å². The lowest BCUT2D eigenvalue weighted by Crippen LogP contribution is -2.26. The average Bonchev–Trinajstić information content (AvgIpc) is 2.82. The highest BCUT2D eigenvalue weighted by atomic mass is 16.5. The lowest BCUT2D eigenvalue weighted by molar-refractivity contribution is -0.137. The summed E-state index contributed by atoms with van der Waals surface area (Å²) in [7, 11) is 0. The van der Waals surface area contributed by atoms with Gasteiger partial charge in [-0.25, -0.2) is 0 Å². The van der Waals surface area contributed by atoms with Crippen LogP contribution in [0.25, 0.3) is 6.08 Å². The summed E-state index contributed by atoms with van der Waals surface area (Å²) in [5.41, 5.74) is 5.80. The number of rotatable bonds is 13. The van der Waals surface area contributed by atoms with E-state index in [1.807, 2.05) is 32.9 Å². The fourth-order valence-electron chi connectivity index (χ4n) is 4.72. The van der Waals surface area contributed by atoms with Crippen molar-refractivity contribution in [3.8, 4) is 5.75 Å². The number of benzene rings is 2. The predicted molar refractivity (Wildman–Crippen MR) is 150 cm³/mol. The lowest BCUT2D eigenvalue weighted by atomic mass is 9.70. The van der Waals surface area contributed by atoms with E-state index in [1.54, 1.807) is 0 Å². The highest BCUT2D eigenvalue weighted by Gasteiger charge is 2.31. The third kappa shape index (κ3) is 7.70. The minimum Gasteiger partial charge on any atom is -0.493 e. The largest absolute Gasteiger partial charge is 0.493 e. The van der Waals surface area contributed by atoms with Gasteiger partial charge in [-0.05, 0) is 85.3 Å². The van der Waals surface area contributed by atoms with Crippen LogP contribution in [0.15, 0.2) is 42.5 Å². The molecular formula is C32H46O4. The fraction of sp³-hybridized carbons (Fsp3) is 0.531. The van der Waals surface area contributed by atoms with E-state index in [2.05, 4.69) is 64.1 Å². The average molecular weight is 495 g/mol. The molecule has 198 valence electrons. The molecule has 2 aromatic carbocycles. The monoisotopic (exact) mass is 494 g/mol. The number of hydrogen-bond donors (Lipinski definition) is 2. The second-order valence-corrected chi connectivity index (χ2v) is 11.1. The summed E-state index contributed by atoms with van der Waals surface area (Å²) in [6.07, 6.45) is 8.05. The van der Waals surface area contributed by atoms with Crippen molar-refractivity contribution in [3.63, 3.8) is 0 Å². The molecule has 0 radical (unpaired) electrons. The summed E-state index contributed by atoms with van der Waals surface area (Å²) < 4.78 is 6.01. The topological polar surface area (TPSA) is 66.8 Å². The molecule has 0 spiro atoms. The molecule has 0 aromatic heterocycles. The number of hydrogen-bond acceptors (Lipinski definition) is 3. The number of unbranched alkanes of at least 4 members (excludes halogenated alkanes) is 2. The van der Waals surface area contributed by atoms with E-state index in [0.717, 1.165) is 42.6 Å². The first-order valence-electron chi connectivity index (χ1n) is 13.4. The molecule has 0 aliphatic rings. The molecule has 4 heteroatoms. The van der Waals surface area contributed by atoms with Crippen LogP contribution in [0.1, 0.15) is 101 Å². The maximum Gasteiger partial charge on any atom is 0.303 e. The molecule has 1 atom stereocenters. The molecule has 0 saturated heterocycles. The third-order valence-corrected chi connectivity index (χ3v) is 7.39. The van der Waals surface area contributed by atoms with Crippen LogP contribution < -0.4 is 4.74 Å². The van der Waals surface area contributed by atoms with Crippen LogP contribution in [0.5, 0.6) is 5.75 Å². The Morgan fingerprint density at radius 3 is 2.08 bits per heavy atom. The van der Waals surface area contributed by atoms with Crippen LogP contribution in [-0.2, 0) is 10.2 Å². The maximum atomic E-state index is 10.6. The number of carboxylic acid groups (broad SMARTS) is 1. The summed E-state index contributed by atoms with van der Waals surface area (Å²) in [6.45, 7) is 15.5. The van der Waals surface area contributed by atoms with Crippen molar-refractivity contribution in [2.75, 3.05) is 6.61 Å². The molecular weight excluding hydrogens is 448 g/mol. The van der Waals surface area contributed by atoms with E-state index in [1.165, 1.54) is 16.7 Å². The van der Waals surface area contributed by atoms with Crippen LogP contribution in [0.4, 0.5) is 0 Å². The highest BCUT2D eigenvalue weighted by molar-refractivity contribution is 5.66. The number of aryl methyl sites for hydroxylation is 2. The Bertz CT molecular complexity index is 1020. The number of aliphatic hydroxyl groups is 1. The number of aliphatic carboxylic acids is 1. The standard InChI is InChI=1S/C32H46O4/c1-8-32(9-2,26-16-14-25(23(3)21-26)15-19-29(33)31(5,6)7)27-17-18-28(24(4)22-27)36-20-12-10-11-13-30(34)35/h14-19,21-22,29,33H,8-13,20H2,1-7H3,(H,34,35)/b19-15+. The lowest BCUT2D eigenvalue weighted by Gasteiger charge is -2.34. The van der Waals surface area contributed by atoms with Crippen molar-refractivity contribution in [2.45, 2.75) is 98.5 Å². The molecule has 0 bridgehead atoms. The van der Waals surface area contributed by atoms with E-state index in [4.69, 9.17) is 9.84 Å². The van der Waals surface area contributed by atoms with Gasteiger partial charge in [-0.2, -0.15) is 0 Å². The smallest absolute Gasteiger partial charge is 0.303 e. The fourth-order valence-corrected chi connectivity index (χ4v) is 4.72. The van der Waals surface area contributed by atoms with Gasteiger partial charge in [0, 0.05) is 11.8 Å². The van der Waals surface area contributed by atoms with Gasteiger partial charge in [-0.15, -0.1) is 0 Å². The molecule has 0 fully saturated rings. The summed E-state index contributed by atoms with van der Waals surface area (Å²) in [6, 6.07) is 13.2. The van der Waals surface area contributed by atoms with Gasteiger partial charge in [-0.1, -0.05) is 77.1 Å². The Kier molecular flexibility index (Phi) is 10.8. The van der Waals surface area contributed by atoms with Gasteiger partial charge in [0.1, 0.15) is 5.75 Å². The van der Waals surface area contributed by atoms with Gasteiger partial charge < -0.3 is 14.9 Å². The Labute approximate surface area is 218 Å². The van der Waals surface area contributed by atoms with Gasteiger partial charge >= 0.3 is 5.97 Å². The van der Waals surface area contributed by atoms with Crippen LogP contribution in [0.3, 0.4) is 0 Å². The second kappa shape index (κ2) is 13.1. The molecule has 0 heterocycles. The van der Waals surface area contributed by atoms with E-state index in [9.17, 15) is 9.90 Å². The molecule has 0 aliphatic carbocycles. The van der Waals surface area contributed by atoms with Gasteiger partial charge in [0.2, 0.25) is 0 Å². The summed E-state index contributed by atoms with van der Waals surface area (Å²) >= 11 is 0. The Morgan fingerprint density at radius 2 is 1.56 bits per heavy atom. The van der Waals surface area contributed by atoms with E-state index in [0.29, 0.717) is 13.0 Å². The molecule has 0 aliphatic heterocycles. The quantitative estimate of drug-likeness (QED) is 0.278. The van der Waals surface area contributed by atoms with Crippen LogP contribution >= 0.6 is 0 Å². The molecule has 2 aromatic rings. The second-order valence-electron chi connectivity index (χ2n) is 11.1. The number of carboxylic acids is 1. The van der Waals surface area contributed by atoms with E-state index < -0.39 is 12.1 Å². The minimum absolute atomic E-state index is 0.0853. The van der Waals surface area contributed by atoms with Crippen LogP contribution in [-0.4, -0.2) is 28.9 Å². The zero-order valence-electron chi connectivity index (χ0n) is 23.4. The zero-order chi connectivity index (χ0) is 26.9. The van der Waals surface area contributed by atoms with Crippen molar-refractivity contribution in [2.24, 2.45) is 5.41 Å². The SMILES string of the molecule is CCC(CC)(c1ccc(/C=C/C(O)C(C)(C)C)c(C)c1)c1ccc(OCCCCCC(=O)O)c(C)c1. The molecule has 2 N–H and O–H groups in total. The normalized spacial score (nSPS) is 13.2. The Hall–Kier alpha value is -2.59. The van der Waals surface area contributed by atoms with Gasteiger partial charge in [-0.3, -0.25) is 4.79 Å². The number of aliphatic hydroxyl groups excluding tert-OH is 1. The zero-order valence-corrected chi connectivity index (χ0v) is 23.4. The maximum absolute atomic E-state index is 10.6. The van der Waals surface area contributed by atoms with Crippen LogP contribution in [0, 0.1) is 19.3 Å². The number of carbonyl (C=O) groups is 1.